The number of hydrogen-bond acceptors (Lipinski definition) is 14. The van der Waals surface area contributed by atoms with Crippen LogP contribution in [0.15, 0.2) is 98.1 Å². The largest absolute Gasteiger partial charge is 0.492 e. The van der Waals surface area contributed by atoms with E-state index in [1.54, 1.807) is 48.5 Å². The van der Waals surface area contributed by atoms with Crippen molar-refractivity contribution in [2.45, 2.75) is 51.4 Å². The Labute approximate surface area is 344 Å². The third kappa shape index (κ3) is 11.8. The lowest BCUT2D eigenvalue weighted by molar-refractivity contribution is -0.138. The molecule has 5 aromatic rings. The minimum atomic E-state index is -0.932. The van der Waals surface area contributed by atoms with E-state index in [0.29, 0.717) is 71.6 Å². The summed E-state index contributed by atoms with van der Waals surface area (Å²) < 4.78 is 32.5. The summed E-state index contributed by atoms with van der Waals surface area (Å²) in [6, 6.07) is 18.9. The molecule has 0 amide bonds. The van der Waals surface area contributed by atoms with Crippen LogP contribution in [0.1, 0.15) is 72.1 Å². The van der Waals surface area contributed by atoms with Crippen LogP contribution < -0.4 is 18.9 Å². The Balaban J connectivity index is 1.17. The maximum Gasteiger partial charge on any atom is 0.343 e. The molecule has 60 heavy (non-hydrogen) atoms. The summed E-state index contributed by atoms with van der Waals surface area (Å²) in [5, 5.41) is 24.0. The predicted octanol–water partition coefficient (Wildman–Crippen LogP) is 7.57. The molecule has 312 valence electrons. The number of hydrogen-bond donors (Lipinski definition) is 2. The van der Waals surface area contributed by atoms with Crippen LogP contribution in [0.4, 0.5) is 0 Å². The zero-order chi connectivity index (χ0) is 43.2. The average Bonchev–Trinajstić information content (AvgIpc) is 3.44. The molecule has 1 heterocycles. The van der Waals surface area contributed by atoms with Gasteiger partial charge in [-0.1, -0.05) is 37.4 Å². The highest BCUT2D eigenvalue weighted by Crippen LogP contribution is 2.47. The Kier molecular flexibility index (Phi) is 15.2. The van der Waals surface area contributed by atoms with Gasteiger partial charge in [-0.25, -0.2) is 19.2 Å². The predicted molar refractivity (Wildman–Crippen MR) is 217 cm³/mol. The maximum absolute atomic E-state index is 13.3. The molecule has 1 aromatic heterocycles. The number of unbranched alkanes of at least 4 members (excludes halogenated alkanes) is 4. The van der Waals surface area contributed by atoms with Gasteiger partial charge in [0.2, 0.25) is 23.3 Å². The molecule has 0 saturated carbocycles. The van der Waals surface area contributed by atoms with Crippen LogP contribution in [0.2, 0.25) is 0 Å². The van der Waals surface area contributed by atoms with Gasteiger partial charge in [0.15, 0.2) is 0 Å². The molecule has 5 rings (SSSR count). The summed E-state index contributed by atoms with van der Waals surface area (Å²) in [5.41, 5.74) is 0.128. The van der Waals surface area contributed by atoms with E-state index in [-0.39, 0.29) is 37.2 Å². The SMILES string of the molecule is C=CC(=O)OCCCCCC(=O)Oc1ccc2cc(C(=O)Oc3c(OC(=O)c4ccc5cc(OC(=O)CCCCCOC(=O)C=C)ccc5c4)c(O)n(C)c3O)ccc2c1. The van der Waals surface area contributed by atoms with Gasteiger partial charge in [-0.05, 0) is 109 Å². The number of aromatic nitrogens is 1. The Morgan fingerprint density at radius 2 is 0.917 bits per heavy atom. The first-order valence-corrected chi connectivity index (χ1v) is 19.0. The van der Waals surface area contributed by atoms with E-state index < -0.39 is 59.1 Å². The molecule has 0 radical (unpaired) electrons. The first-order valence-electron chi connectivity index (χ1n) is 19.0. The quantitative estimate of drug-likeness (QED) is 0.0337. The van der Waals surface area contributed by atoms with E-state index in [2.05, 4.69) is 13.2 Å². The summed E-state index contributed by atoms with van der Waals surface area (Å²) in [5.74, 6) is -5.63. The van der Waals surface area contributed by atoms with E-state index in [9.17, 15) is 39.0 Å². The molecule has 2 N–H and O–H groups in total. The van der Waals surface area contributed by atoms with Gasteiger partial charge in [-0.2, -0.15) is 0 Å². The second-order valence-corrected chi connectivity index (χ2v) is 13.4. The second kappa shape index (κ2) is 20.8. The standard InChI is InChI=1S/C45H43NO14/c1-4-36(47)55-22-10-6-8-12-38(49)57-34-20-18-28-24-32(16-14-30(28)26-34)44(53)59-40-41(43(52)46(3)42(40)51)60-45(54)33-17-15-31-27-35(21-19-29(31)25-33)58-39(50)13-9-7-11-23-56-37(48)5-2/h4-5,14-21,24-27,51-52H,1-2,6-13,22-23H2,3H3. The highest BCUT2D eigenvalue weighted by Gasteiger charge is 2.29. The van der Waals surface area contributed by atoms with E-state index >= 15 is 0 Å². The zero-order valence-corrected chi connectivity index (χ0v) is 32.8. The molecule has 15 heteroatoms. The lowest BCUT2D eigenvalue weighted by atomic mass is 10.1. The summed E-state index contributed by atoms with van der Waals surface area (Å²) in [4.78, 5) is 73.5. The van der Waals surface area contributed by atoms with Crippen LogP contribution in [-0.2, 0) is 35.7 Å². The van der Waals surface area contributed by atoms with Gasteiger partial charge >= 0.3 is 35.8 Å². The number of rotatable bonds is 20. The van der Waals surface area contributed by atoms with Crippen LogP contribution in [0.3, 0.4) is 0 Å². The summed E-state index contributed by atoms with van der Waals surface area (Å²) in [6.07, 6.45) is 6.15. The highest BCUT2D eigenvalue weighted by molar-refractivity contribution is 5.99. The average molecular weight is 822 g/mol. The summed E-state index contributed by atoms with van der Waals surface area (Å²) in [7, 11) is 1.27. The van der Waals surface area contributed by atoms with Crippen molar-refractivity contribution in [1.82, 2.24) is 4.57 Å². The third-order valence-corrected chi connectivity index (χ3v) is 9.07. The first-order chi connectivity index (χ1) is 28.9. The molecule has 0 unspecified atom stereocenters. The Morgan fingerprint density at radius 3 is 1.32 bits per heavy atom. The number of benzene rings is 4. The molecule has 4 aromatic carbocycles. The lowest BCUT2D eigenvalue weighted by Crippen LogP contribution is -2.12. The van der Waals surface area contributed by atoms with Crippen molar-refractivity contribution in [3.8, 4) is 34.8 Å². The molecular weight excluding hydrogens is 778 g/mol. The molecule has 0 atom stereocenters. The van der Waals surface area contributed by atoms with Crippen LogP contribution in [-0.4, -0.2) is 63.8 Å². The fraction of sp³-hybridized carbons (Fsp3) is 0.244. The number of aromatic hydroxyl groups is 2. The van der Waals surface area contributed by atoms with Gasteiger partial charge in [0, 0.05) is 32.0 Å². The molecule has 0 spiro atoms. The first kappa shape index (κ1) is 43.7. The fourth-order valence-electron chi connectivity index (χ4n) is 5.85. The molecule has 0 aliphatic rings. The molecule has 0 aliphatic carbocycles. The van der Waals surface area contributed by atoms with Gasteiger partial charge < -0.3 is 38.6 Å². The lowest BCUT2D eigenvalue weighted by Gasteiger charge is -2.10. The highest BCUT2D eigenvalue weighted by atomic mass is 16.6. The monoisotopic (exact) mass is 821 g/mol. The number of carbonyl (C=O) groups excluding carboxylic acids is 6. The van der Waals surface area contributed by atoms with Crippen molar-refractivity contribution >= 4 is 57.4 Å². The Hall–Kier alpha value is -7.42. The van der Waals surface area contributed by atoms with E-state index in [4.69, 9.17) is 28.4 Å². The summed E-state index contributed by atoms with van der Waals surface area (Å²) in [6.45, 7) is 7.15. The Morgan fingerprint density at radius 1 is 0.533 bits per heavy atom. The van der Waals surface area contributed by atoms with E-state index in [1.807, 2.05) is 0 Å². The number of nitrogens with zero attached hydrogens (tertiary/aromatic N) is 1. The van der Waals surface area contributed by atoms with Gasteiger partial charge in [0.25, 0.3) is 0 Å². The van der Waals surface area contributed by atoms with Crippen LogP contribution in [0.5, 0.6) is 34.8 Å². The van der Waals surface area contributed by atoms with Gasteiger partial charge in [-0.15, -0.1) is 0 Å². The van der Waals surface area contributed by atoms with Gasteiger partial charge in [0.1, 0.15) is 11.5 Å². The minimum Gasteiger partial charge on any atom is -0.492 e. The second-order valence-electron chi connectivity index (χ2n) is 13.4. The molecule has 15 nitrogen and oxygen atoms in total. The topological polar surface area (TPSA) is 203 Å². The van der Waals surface area contributed by atoms with Gasteiger partial charge in [0.05, 0.1) is 24.3 Å². The van der Waals surface area contributed by atoms with Crippen molar-refractivity contribution in [3.63, 3.8) is 0 Å². The molecule has 0 bridgehead atoms. The fourth-order valence-corrected chi connectivity index (χ4v) is 5.85. The van der Waals surface area contributed by atoms with Crippen molar-refractivity contribution in [1.29, 1.82) is 0 Å². The number of carbonyl (C=O) groups is 6. The molecular formula is C45H43NO14. The van der Waals surface area contributed by atoms with Crippen molar-refractivity contribution in [2.75, 3.05) is 13.2 Å². The zero-order valence-electron chi connectivity index (χ0n) is 32.8. The molecule has 0 aliphatic heterocycles. The summed E-state index contributed by atoms with van der Waals surface area (Å²) >= 11 is 0. The number of fused-ring (bicyclic) bond motifs is 2. The number of ether oxygens (including phenoxy) is 6. The molecule has 0 fully saturated rings. The third-order valence-electron chi connectivity index (χ3n) is 9.07. The van der Waals surface area contributed by atoms with E-state index in [1.165, 1.54) is 31.3 Å². The maximum atomic E-state index is 13.3. The normalized spacial score (nSPS) is 10.8. The molecule has 0 saturated heterocycles. The van der Waals surface area contributed by atoms with Crippen LogP contribution in [0, 0.1) is 0 Å². The van der Waals surface area contributed by atoms with Crippen LogP contribution >= 0.6 is 0 Å². The number of esters is 6. The smallest absolute Gasteiger partial charge is 0.343 e. The van der Waals surface area contributed by atoms with Crippen molar-refractivity contribution < 1.29 is 67.4 Å². The van der Waals surface area contributed by atoms with Crippen LogP contribution in [0.25, 0.3) is 21.5 Å². The van der Waals surface area contributed by atoms with Crippen molar-refractivity contribution in [3.05, 3.63) is 109 Å². The van der Waals surface area contributed by atoms with Crippen molar-refractivity contribution in [2.24, 2.45) is 7.05 Å². The van der Waals surface area contributed by atoms with E-state index in [0.717, 1.165) is 16.7 Å². The minimum absolute atomic E-state index is 0.0642. The Bertz CT molecular complexity index is 2280. The van der Waals surface area contributed by atoms with Gasteiger partial charge in [-0.3, -0.25) is 14.2 Å².